The lowest BCUT2D eigenvalue weighted by Crippen LogP contribution is -2.39. The molecule has 1 amide bonds. The molecular weight excluding hydrogens is 224 g/mol. The topological polar surface area (TPSA) is 23.6 Å². The molecule has 3 nitrogen and oxygen atoms in total. The van der Waals surface area contributed by atoms with Gasteiger partial charge in [-0.2, -0.15) is 0 Å². The fraction of sp³-hybridized carbons (Fsp3) is 0.533. The Morgan fingerprint density at radius 1 is 1.11 bits per heavy atom. The number of carbonyl (C=O) groups excluding carboxylic acids is 1. The molecule has 2 aliphatic heterocycles. The standard InChI is InChI=1S/C15H20N2O/c1-16-9-7-15(8-10-16)11-14(18)17(12-15)13-5-3-2-4-6-13/h2-6H,7-12H2,1H3. The third-order valence-corrected chi connectivity index (χ3v) is 4.44. The predicted molar refractivity (Wildman–Crippen MR) is 72.6 cm³/mol. The molecule has 1 aromatic carbocycles. The number of nitrogens with zero attached hydrogens (tertiary/aromatic N) is 2. The summed E-state index contributed by atoms with van der Waals surface area (Å²) in [6.45, 7) is 3.15. The zero-order valence-corrected chi connectivity index (χ0v) is 10.9. The van der Waals surface area contributed by atoms with E-state index in [4.69, 9.17) is 0 Å². The van der Waals surface area contributed by atoms with Crippen molar-refractivity contribution < 1.29 is 4.79 Å². The van der Waals surface area contributed by atoms with Gasteiger partial charge in [-0.3, -0.25) is 4.79 Å². The molecule has 0 aromatic heterocycles. The van der Waals surface area contributed by atoms with Crippen LogP contribution in [0.25, 0.3) is 0 Å². The molecule has 0 saturated carbocycles. The molecule has 2 fully saturated rings. The Hall–Kier alpha value is -1.35. The summed E-state index contributed by atoms with van der Waals surface area (Å²) in [7, 11) is 2.17. The Bertz CT molecular complexity index is 435. The Morgan fingerprint density at radius 2 is 1.78 bits per heavy atom. The van der Waals surface area contributed by atoms with Gasteiger partial charge in [-0.05, 0) is 50.5 Å². The number of rotatable bonds is 1. The zero-order valence-electron chi connectivity index (χ0n) is 10.9. The van der Waals surface area contributed by atoms with E-state index in [1.54, 1.807) is 0 Å². The molecule has 3 rings (SSSR count). The van der Waals surface area contributed by atoms with Crippen LogP contribution in [0, 0.1) is 5.41 Å². The van der Waals surface area contributed by atoms with Gasteiger partial charge in [-0.25, -0.2) is 0 Å². The van der Waals surface area contributed by atoms with Crippen LogP contribution in [0.3, 0.4) is 0 Å². The summed E-state index contributed by atoms with van der Waals surface area (Å²) in [5.74, 6) is 0.297. The first kappa shape index (κ1) is 11.7. The zero-order chi connectivity index (χ0) is 12.6. The van der Waals surface area contributed by atoms with E-state index in [0.29, 0.717) is 5.91 Å². The van der Waals surface area contributed by atoms with E-state index in [0.717, 1.165) is 44.6 Å². The van der Waals surface area contributed by atoms with Gasteiger partial charge in [-0.15, -0.1) is 0 Å². The number of piperidine rings is 1. The summed E-state index contributed by atoms with van der Waals surface area (Å²) in [4.78, 5) is 16.6. The molecule has 0 bridgehead atoms. The second kappa shape index (κ2) is 4.39. The van der Waals surface area contributed by atoms with E-state index >= 15 is 0 Å². The van der Waals surface area contributed by atoms with E-state index in [1.165, 1.54) is 0 Å². The molecule has 1 aromatic rings. The first-order valence-electron chi connectivity index (χ1n) is 6.73. The van der Waals surface area contributed by atoms with Gasteiger partial charge in [-0.1, -0.05) is 18.2 Å². The summed E-state index contributed by atoms with van der Waals surface area (Å²) in [6.07, 6.45) is 3.03. The molecule has 3 heteroatoms. The summed E-state index contributed by atoms with van der Waals surface area (Å²) in [5.41, 5.74) is 1.29. The number of likely N-dealkylation sites (tertiary alicyclic amines) is 1. The maximum Gasteiger partial charge on any atom is 0.227 e. The van der Waals surface area contributed by atoms with E-state index in [9.17, 15) is 4.79 Å². The summed E-state index contributed by atoms with van der Waals surface area (Å²) >= 11 is 0. The average Bonchev–Trinajstić information content (AvgIpc) is 2.72. The van der Waals surface area contributed by atoms with Crippen LogP contribution < -0.4 is 4.90 Å². The Labute approximate surface area is 108 Å². The molecule has 0 N–H and O–H groups in total. The van der Waals surface area contributed by atoms with Crippen molar-refractivity contribution in [1.82, 2.24) is 4.90 Å². The van der Waals surface area contributed by atoms with E-state index in [1.807, 2.05) is 35.2 Å². The van der Waals surface area contributed by atoms with Gasteiger partial charge in [0, 0.05) is 18.7 Å². The minimum Gasteiger partial charge on any atom is -0.312 e. The van der Waals surface area contributed by atoms with Crippen LogP contribution in [-0.4, -0.2) is 37.5 Å². The van der Waals surface area contributed by atoms with Crippen LogP contribution in [0.5, 0.6) is 0 Å². The number of benzene rings is 1. The maximum absolute atomic E-state index is 12.2. The molecule has 0 unspecified atom stereocenters. The minimum absolute atomic E-state index is 0.236. The molecule has 1 spiro atoms. The number of anilines is 1. The fourth-order valence-electron chi connectivity index (χ4n) is 3.17. The molecule has 0 atom stereocenters. The molecule has 0 radical (unpaired) electrons. The smallest absolute Gasteiger partial charge is 0.227 e. The second-order valence-electron chi connectivity index (χ2n) is 5.80. The lowest BCUT2D eigenvalue weighted by Gasteiger charge is -2.37. The highest BCUT2D eigenvalue weighted by Crippen LogP contribution is 2.42. The first-order valence-corrected chi connectivity index (χ1v) is 6.73. The Kier molecular flexibility index (Phi) is 2.86. The van der Waals surface area contributed by atoms with Crippen molar-refractivity contribution in [2.24, 2.45) is 5.41 Å². The van der Waals surface area contributed by atoms with Crippen molar-refractivity contribution in [2.45, 2.75) is 19.3 Å². The number of para-hydroxylation sites is 1. The van der Waals surface area contributed by atoms with Crippen LogP contribution in [0.1, 0.15) is 19.3 Å². The number of hydrogen-bond donors (Lipinski definition) is 0. The van der Waals surface area contributed by atoms with Crippen LogP contribution in [-0.2, 0) is 4.79 Å². The van der Waals surface area contributed by atoms with Crippen LogP contribution >= 0.6 is 0 Å². The van der Waals surface area contributed by atoms with E-state index in [-0.39, 0.29) is 5.41 Å². The van der Waals surface area contributed by atoms with Crippen molar-refractivity contribution in [2.75, 3.05) is 31.6 Å². The van der Waals surface area contributed by atoms with Crippen molar-refractivity contribution in [1.29, 1.82) is 0 Å². The molecular formula is C15H20N2O. The van der Waals surface area contributed by atoms with Crippen molar-refractivity contribution >= 4 is 11.6 Å². The molecule has 18 heavy (non-hydrogen) atoms. The number of amides is 1. The largest absolute Gasteiger partial charge is 0.312 e. The monoisotopic (exact) mass is 244 g/mol. The molecule has 2 aliphatic rings. The first-order chi connectivity index (χ1) is 8.69. The highest BCUT2D eigenvalue weighted by Gasteiger charge is 2.44. The Balaban J connectivity index is 1.78. The van der Waals surface area contributed by atoms with Gasteiger partial charge in [0.15, 0.2) is 0 Å². The van der Waals surface area contributed by atoms with Crippen molar-refractivity contribution in [3.63, 3.8) is 0 Å². The van der Waals surface area contributed by atoms with Gasteiger partial charge in [0.1, 0.15) is 0 Å². The Morgan fingerprint density at radius 3 is 2.44 bits per heavy atom. The predicted octanol–water partition coefficient (Wildman–Crippen LogP) is 2.14. The van der Waals surface area contributed by atoms with Gasteiger partial charge >= 0.3 is 0 Å². The quantitative estimate of drug-likeness (QED) is 0.755. The van der Waals surface area contributed by atoms with Crippen LogP contribution in [0.15, 0.2) is 30.3 Å². The third-order valence-electron chi connectivity index (χ3n) is 4.44. The molecule has 2 saturated heterocycles. The van der Waals surface area contributed by atoms with Crippen LogP contribution in [0.4, 0.5) is 5.69 Å². The number of hydrogen-bond acceptors (Lipinski definition) is 2. The normalized spacial score (nSPS) is 23.8. The minimum atomic E-state index is 0.236. The van der Waals surface area contributed by atoms with Gasteiger partial charge in [0.2, 0.25) is 5.91 Å². The molecule has 96 valence electrons. The summed E-state index contributed by atoms with van der Waals surface area (Å²) in [5, 5.41) is 0. The molecule has 0 aliphatic carbocycles. The van der Waals surface area contributed by atoms with E-state index in [2.05, 4.69) is 11.9 Å². The lowest BCUT2D eigenvalue weighted by atomic mass is 9.78. The molecule has 2 heterocycles. The fourth-order valence-corrected chi connectivity index (χ4v) is 3.17. The van der Waals surface area contributed by atoms with Gasteiger partial charge in [0.05, 0.1) is 0 Å². The van der Waals surface area contributed by atoms with Crippen molar-refractivity contribution in [3.05, 3.63) is 30.3 Å². The van der Waals surface area contributed by atoms with Gasteiger partial charge < -0.3 is 9.80 Å². The maximum atomic E-state index is 12.2. The highest BCUT2D eigenvalue weighted by molar-refractivity contribution is 5.96. The third kappa shape index (κ3) is 2.03. The van der Waals surface area contributed by atoms with Gasteiger partial charge in [0.25, 0.3) is 0 Å². The van der Waals surface area contributed by atoms with Crippen LogP contribution in [0.2, 0.25) is 0 Å². The second-order valence-corrected chi connectivity index (χ2v) is 5.80. The SMILES string of the molecule is CN1CCC2(CC1)CC(=O)N(c1ccccc1)C2. The number of carbonyl (C=O) groups is 1. The highest BCUT2D eigenvalue weighted by atomic mass is 16.2. The lowest BCUT2D eigenvalue weighted by molar-refractivity contribution is -0.118. The van der Waals surface area contributed by atoms with E-state index < -0.39 is 0 Å². The average molecular weight is 244 g/mol. The summed E-state index contributed by atoms with van der Waals surface area (Å²) in [6, 6.07) is 10.1. The summed E-state index contributed by atoms with van der Waals surface area (Å²) < 4.78 is 0. The van der Waals surface area contributed by atoms with Crippen molar-refractivity contribution in [3.8, 4) is 0 Å².